The Kier molecular flexibility index (Phi) is 10.0. The van der Waals surface area contributed by atoms with Crippen molar-refractivity contribution in [2.45, 2.75) is 45.3 Å². The Labute approximate surface area is 247 Å². The van der Waals surface area contributed by atoms with E-state index in [1.807, 2.05) is 26.1 Å². The molecule has 226 valence electrons. The molecule has 4 rings (SSSR count). The summed E-state index contributed by atoms with van der Waals surface area (Å²) in [6.07, 6.45) is 6.14. The number of halogens is 2. The van der Waals surface area contributed by atoms with Crippen molar-refractivity contribution in [1.29, 1.82) is 0 Å². The number of ether oxygens (including phenoxy) is 1. The van der Waals surface area contributed by atoms with Gasteiger partial charge in [0.25, 0.3) is 5.91 Å². The molecule has 3 heterocycles. The van der Waals surface area contributed by atoms with Crippen LogP contribution in [0.25, 0.3) is 11.0 Å². The van der Waals surface area contributed by atoms with Gasteiger partial charge in [-0.1, -0.05) is 0 Å². The Morgan fingerprint density at radius 2 is 1.98 bits per heavy atom. The predicted molar refractivity (Wildman–Crippen MR) is 164 cm³/mol. The molecular weight excluding hydrogens is 538 g/mol. The molecule has 1 amide bonds. The summed E-state index contributed by atoms with van der Waals surface area (Å²) in [5.41, 5.74) is 5.14. The number of carbonyl (C=O) groups is 1. The van der Waals surface area contributed by atoms with Gasteiger partial charge in [-0.05, 0) is 87.2 Å². The molecule has 0 aliphatic carbocycles. The van der Waals surface area contributed by atoms with Crippen LogP contribution in [0.5, 0.6) is 0 Å². The van der Waals surface area contributed by atoms with Gasteiger partial charge in [-0.2, -0.15) is 0 Å². The number of nitrogens with one attached hydrogen (secondary N) is 2. The van der Waals surface area contributed by atoms with Gasteiger partial charge in [0, 0.05) is 70.9 Å². The van der Waals surface area contributed by atoms with Gasteiger partial charge in [-0.3, -0.25) is 9.69 Å². The number of anilines is 1. The zero-order valence-electron chi connectivity index (χ0n) is 25.6. The van der Waals surface area contributed by atoms with E-state index in [1.165, 1.54) is 18.1 Å². The van der Waals surface area contributed by atoms with Crippen molar-refractivity contribution in [1.82, 2.24) is 24.7 Å². The summed E-state index contributed by atoms with van der Waals surface area (Å²) in [5.74, 6) is -0.740. The van der Waals surface area contributed by atoms with Gasteiger partial charge < -0.3 is 24.8 Å². The Balaban J connectivity index is 1.45. The Morgan fingerprint density at radius 3 is 2.60 bits per heavy atom. The highest BCUT2D eigenvalue weighted by atomic mass is 19.1. The number of hydrogen-bond donors (Lipinski definition) is 2. The first-order valence-electron chi connectivity index (χ1n) is 14.3. The summed E-state index contributed by atoms with van der Waals surface area (Å²) >= 11 is 0. The van der Waals surface area contributed by atoms with Crippen molar-refractivity contribution in [3.8, 4) is 0 Å². The average molecular weight is 581 g/mol. The molecule has 42 heavy (non-hydrogen) atoms. The second-order valence-corrected chi connectivity index (χ2v) is 11.1. The summed E-state index contributed by atoms with van der Waals surface area (Å²) in [5, 5.41) is 7.11. The molecule has 1 aliphatic heterocycles. The van der Waals surface area contributed by atoms with Crippen LogP contribution in [0.15, 0.2) is 54.3 Å². The van der Waals surface area contributed by atoms with Gasteiger partial charge in [0.15, 0.2) is 5.83 Å². The number of pyridine rings is 1. The molecule has 0 radical (unpaired) electrons. The SMILES string of the molecule is CNC(/C=C\Nc1ccnc2c1cc(CN1CCC(c3c(C)cc(C(=O)N(C)C)cc3F)CC1)n2C)=C(\F)C(C)OC. The molecule has 0 saturated carbocycles. The lowest BCUT2D eigenvalue weighted by atomic mass is 9.85. The molecule has 8 nitrogen and oxygen atoms in total. The number of nitrogens with zero attached hydrogens (tertiary/aromatic N) is 4. The van der Waals surface area contributed by atoms with E-state index >= 15 is 4.39 Å². The fraction of sp³-hybridized carbons (Fsp3) is 0.438. The standard InChI is InChI=1S/C32H42F2N6O2/c1-20-16-23(32(41)38(4)5)17-26(33)29(20)22-10-14-40(15-11-22)19-24-18-25-27(8-13-37-31(25)39(24)6)36-12-9-28(35-3)30(34)21(2)42-7/h8-9,12-13,16-18,21-22,35H,10-11,14-15,19H2,1-7H3,(H,36,37)/b12-9-,30-28-. The monoisotopic (exact) mass is 580 g/mol. The number of carbonyl (C=O) groups excluding carboxylic acids is 1. The molecule has 1 unspecified atom stereocenters. The molecule has 0 bridgehead atoms. The van der Waals surface area contributed by atoms with Crippen molar-refractivity contribution < 1.29 is 18.3 Å². The first-order chi connectivity index (χ1) is 20.0. The number of methoxy groups -OCH3 is 1. The quantitative estimate of drug-likeness (QED) is 0.310. The number of hydrogen-bond acceptors (Lipinski definition) is 6. The number of amides is 1. The smallest absolute Gasteiger partial charge is 0.253 e. The van der Waals surface area contributed by atoms with Crippen molar-refractivity contribution >= 4 is 22.6 Å². The van der Waals surface area contributed by atoms with Crippen LogP contribution in [0.3, 0.4) is 0 Å². The predicted octanol–water partition coefficient (Wildman–Crippen LogP) is 5.46. The number of aryl methyl sites for hydroxylation is 2. The summed E-state index contributed by atoms with van der Waals surface area (Å²) < 4.78 is 36.9. The maximum Gasteiger partial charge on any atom is 0.253 e. The van der Waals surface area contributed by atoms with Gasteiger partial charge in [0.1, 0.15) is 17.6 Å². The number of piperidine rings is 1. The van der Waals surface area contributed by atoms with Crippen molar-refractivity contribution in [3.05, 3.63) is 82.5 Å². The summed E-state index contributed by atoms with van der Waals surface area (Å²) in [7, 11) is 8.49. The molecule has 2 N–H and O–H groups in total. The minimum Gasteiger partial charge on any atom is -0.386 e. The number of likely N-dealkylation sites (tertiary alicyclic amines) is 1. The number of rotatable bonds is 10. The molecule has 1 atom stereocenters. The third-order valence-electron chi connectivity index (χ3n) is 8.13. The van der Waals surface area contributed by atoms with E-state index in [4.69, 9.17) is 4.74 Å². The molecule has 1 fully saturated rings. The topological polar surface area (TPSA) is 74.7 Å². The maximum atomic E-state index is 15.2. The third-order valence-corrected chi connectivity index (χ3v) is 8.13. The number of benzene rings is 1. The first-order valence-corrected chi connectivity index (χ1v) is 14.3. The Morgan fingerprint density at radius 1 is 1.26 bits per heavy atom. The van der Waals surface area contributed by atoms with E-state index in [2.05, 4.69) is 31.2 Å². The van der Waals surface area contributed by atoms with Crippen LogP contribution in [0.2, 0.25) is 0 Å². The fourth-order valence-corrected chi connectivity index (χ4v) is 5.63. The van der Waals surface area contributed by atoms with E-state index in [0.29, 0.717) is 11.3 Å². The van der Waals surface area contributed by atoms with Crippen LogP contribution in [-0.4, -0.2) is 72.7 Å². The van der Waals surface area contributed by atoms with Crippen molar-refractivity contribution in [3.63, 3.8) is 0 Å². The molecule has 10 heteroatoms. The Bertz CT molecular complexity index is 1460. The van der Waals surface area contributed by atoms with Gasteiger partial charge in [0.2, 0.25) is 0 Å². The maximum absolute atomic E-state index is 15.2. The third kappa shape index (κ3) is 6.65. The average Bonchev–Trinajstić information content (AvgIpc) is 3.29. The van der Waals surface area contributed by atoms with Gasteiger partial charge in [-0.15, -0.1) is 0 Å². The first kappa shape index (κ1) is 31.2. The van der Waals surface area contributed by atoms with Gasteiger partial charge >= 0.3 is 0 Å². The highest BCUT2D eigenvalue weighted by Gasteiger charge is 2.26. The van der Waals surface area contributed by atoms with Crippen LogP contribution in [0.4, 0.5) is 14.5 Å². The lowest BCUT2D eigenvalue weighted by Crippen LogP contribution is -2.33. The largest absolute Gasteiger partial charge is 0.386 e. The molecule has 1 aliphatic rings. The van der Waals surface area contributed by atoms with Crippen LogP contribution in [0.1, 0.15) is 52.9 Å². The summed E-state index contributed by atoms with van der Waals surface area (Å²) in [4.78, 5) is 20.8. The number of fused-ring (bicyclic) bond motifs is 1. The van der Waals surface area contributed by atoms with E-state index in [0.717, 1.165) is 66.0 Å². The van der Waals surface area contributed by atoms with E-state index in [9.17, 15) is 9.18 Å². The zero-order valence-corrected chi connectivity index (χ0v) is 25.6. The highest BCUT2D eigenvalue weighted by Crippen LogP contribution is 2.34. The lowest BCUT2D eigenvalue weighted by Gasteiger charge is -2.33. The second kappa shape index (κ2) is 13.5. The van der Waals surface area contributed by atoms with Crippen LogP contribution < -0.4 is 10.6 Å². The number of aromatic nitrogens is 2. The molecular formula is C32H42F2N6O2. The van der Waals surface area contributed by atoms with Gasteiger partial charge in [0.05, 0.1) is 11.4 Å². The van der Waals surface area contributed by atoms with Crippen LogP contribution in [0, 0.1) is 12.7 Å². The van der Waals surface area contributed by atoms with Crippen molar-refractivity contribution in [2.24, 2.45) is 7.05 Å². The van der Waals surface area contributed by atoms with E-state index < -0.39 is 6.10 Å². The van der Waals surface area contributed by atoms with Crippen molar-refractivity contribution in [2.75, 3.05) is 46.7 Å². The molecule has 2 aromatic heterocycles. The van der Waals surface area contributed by atoms with E-state index in [-0.39, 0.29) is 23.5 Å². The normalized spacial score (nSPS) is 16.1. The minimum atomic E-state index is -0.645. The van der Waals surface area contributed by atoms with Crippen LogP contribution in [-0.2, 0) is 18.3 Å². The summed E-state index contributed by atoms with van der Waals surface area (Å²) in [6, 6.07) is 7.22. The fourth-order valence-electron chi connectivity index (χ4n) is 5.63. The molecule has 1 saturated heterocycles. The summed E-state index contributed by atoms with van der Waals surface area (Å²) in [6.45, 7) is 5.98. The molecule has 0 spiro atoms. The number of likely N-dealkylation sites (N-methyl/N-ethyl adjacent to an activating group) is 1. The van der Waals surface area contributed by atoms with E-state index in [1.54, 1.807) is 46.5 Å². The van der Waals surface area contributed by atoms with Crippen LogP contribution >= 0.6 is 0 Å². The minimum absolute atomic E-state index is 0.120. The molecule has 1 aromatic carbocycles. The lowest BCUT2D eigenvalue weighted by molar-refractivity contribution is 0.0827. The Hall–Kier alpha value is -3.76. The number of allylic oxidation sites excluding steroid dienone is 1. The van der Waals surface area contributed by atoms with Gasteiger partial charge in [-0.25, -0.2) is 13.8 Å². The molecule has 3 aromatic rings. The highest BCUT2D eigenvalue weighted by molar-refractivity contribution is 5.94. The second-order valence-electron chi connectivity index (χ2n) is 11.1. The zero-order chi connectivity index (χ0) is 30.6.